The summed E-state index contributed by atoms with van der Waals surface area (Å²) >= 11 is 1.11. The van der Waals surface area contributed by atoms with Crippen molar-refractivity contribution in [1.82, 2.24) is 5.01 Å². The summed E-state index contributed by atoms with van der Waals surface area (Å²) in [4.78, 5) is 17.4. The maximum atomic E-state index is 12.4. The van der Waals surface area contributed by atoms with Crippen molar-refractivity contribution in [2.24, 2.45) is 10.1 Å². The van der Waals surface area contributed by atoms with E-state index in [-0.39, 0.29) is 17.0 Å². The van der Waals surface area contributed by atoms with E-state index in [2.05, 4.69) is 4.99 Å². The number of phenolic OH excluding ortho intramolecular Hbond substituents is 1. The SMILES string of the molecule is Cc1ccccc1/C=C1\SC(=O)N=C1N1N=C(c2ccccc2)CC1c1ccccc1O. The predicted molar refractivity (Wildman–Crippen MR) is 130 cm³/mol. The Morgan fingerprint density at radius 2 is 1.72 bits per heavy atom. The van der Waals surface area contributed by atoms with E-state index in [9.17, 15) is 9.90 Å². The number of thioether (sulfide) groups is 1. The van der Waals surface area contributed by atoms with Crippen molar-refractivity contribution in [2.45, 2.75) is 19.4 Å². The lowest BCUT2D eigenvalue weighted by molar-refractivity contribution is 0.267. The molecule has 158 valence electrons. The van der Waals surface area contributed by atoms with E-state index in [1.807, 2.05) is 79.7 Å². The van der Waals surface area contributed by atoms with Crippen molar-refractivity contribution in [2.75, 3.05) is 0 Å². The van der Waals surface area contributed by atoms with Gasteiger partial charge in [0.2, 0.25) is 0 Å². The standard InChI is InChI=1S/C26H21N3O2S/c1-17-9-5-6-12-19(17)15-24-25(27-26(31)32-24)29-22(20-13-7-8-14-23(20)30)16-21(28-29)18-10-3-2-4-11-18/h2-15,22,30H,16H2,1H3/b24-15-. The molecule has 1 atom stereocenters. The van der Waals surface area contributed by atoms with Crippen LogP contribution in [-0.2, 0) is 0 Å². The summed E-state index contributed by atoms with van der Waals surface area (Å²) in [5.41, 5.74) is 4.80. The molecular weight excluding hydrogens is 418 g/mol. The molecule has 0 radical (unpaired) electrons. The fourth-order valence-electron chi connectivity index (χ4n) is 3.97. The first-order chi connectivity index (χ1) is 15.6. The number of amides is 1. The number of nitrogens with zero attached hydrogens (tertiary/aromatic N) is 3. The number of hydrazone groups is 1. The van der Waals surface area contributed by atoms with E-state index in [4.69, 9.17) is 5.10 Å². The van der Waals surface area contributed by atoms with Crippen LogP contribution in [0.2, 0.25) is 0 Å². The van der Waals surface area contributed by atoms with Gasteiger partial charge >= 0.3 is 5.24 Å². The zero-order valence-electron chi connectivity index (χ0n) is 17.5. The first-order valence-corrected chi connectivity index (χ1v) is 11.2. The molecule has 32 heavy (non-hydrogen) atoms. The van der Waals surface area contributed by atoms with Gasteiger partial charge in [0.25, 0.3) is 0 Å². The highest BCUT2D eigenvalue weighted by atomic mass is 32.2. The molecule has 1 amide bonds. The lowest BCUT2D eigenvalue weighted by Gasteiger charge is -2.24. The van der Waals surface area contributed by atoms with Crippen LogP contribution in [-0.4, -0.2) is 26.9 Å². The molecule has 1 N–H and O–H groups in total. The van der Waals surface area contributed by atoms with Crippen LogP contribution in [0.5, 0.6) is 5.75 Å². The summed E-state index contributed by atoms with van der Waals surface area (Å²) in [6.07, 6.45) is 2.58. The number of aliphatic imine (C=N–C) groups is 1. The first-order valence-electron chi connectivity index (χ1n) is 10.4. The van der Waals surface area contributed by atoms with Gasteiger partial charge in [0, 0.05) is 12.0 Å². The quantitative estimate of drug-likeness (QED) is 0.531. The number of aromatic hydroxyl groups is 1. The third-order valence-corrected chi connectivity index (χ3v) is 6.41. The molecule has 0 fully saturated rings. The Morgan fingerprint density at radius 1 is 1.00 bits per heavy atom. The Morgan fingerprint density at radius 3 is 2.50 bits per heavy atom. The zero-order valence-corrected chi connectivity index (χ0v) is 18.3. The van der Waals surface area contributed by atoms with Gasteiger partial charge in [0.1, 0.15) is 5.75 Å². The molecule has 2 aliphatic rings. The summed E-state index contributed by atoms with van der Waals surface area (Å²) < 4.78 is 0. The number of phenols is 1. The van der Waals surface area contributed by atoms with Crippen molar-refractivity contribution >= 4 is 34.6 Å². The number of carbonyl (C=O) groups is 1. The van der Waals surface area contributed by atoms with E-state index in [0.29, 0.717) is 12.3 Å². The van der Waals surface area contributed by atoms with Gasteiger partial charge in [0.05, 0.1) is 16.7 Å². The number of benzene rings is 3. The average Bonchev–Trinajstić information content (AvgIpc) is 3.40. The second-order valence-electron chi connectivity index (χ2n) is 7.70. The molecule has 3 aromatic rings. The minimum atomic E-state index is -0.267. The van der Waals surface area contributed by atoms with Crippen molar-refractivity contribution in [3.05, 3.63) is 106 Å². The van der Waals surface area contributed by atoms with Gasteiger partial charge < -0.3 is 5.11 Å². The van der Waals surface area contributed by atoms with Crippen LogP contribution in [0.4, 0.5) is 4.79 Å². The Labute approximate surface area is 190 Å². The third kappa shape index (κ3) is 3.85. The minimum Gasteiger partial charge on any atom is -0.508 e. The van der Waals surface area contributed by atoms with Crippen LogP contribution < -0.4 is 0 Å². The van der Waals surface area contributed by atoms with Gasteiger partial charge in [-0.2, -0.15) is 10.1 Å². The molecule has 1 unspecified atom stereocenters. The molecule has 3 aromatic carbocycles. The molecule has 5 nitrogen and oxygen atoms in total. The number of hydrogen-bond donors (Lipinski definition) is 1. The van der Waals surface area contributed by atoms with E-state index >= 15 is 0 Å². The molecule has 0 saturated heterocycles. The average molecular weight is 440 g/mol. The summed E-state index contributed by atoms with van der Waals surface area (Å²) in [6, 6.07) is 25.0. The van der Waals surface area contributed by atoms with Gasteiger partial charge in [-0.3, -0.25) is 4.79 Å². The summed E-state index contributed by atoms with van der Waals surface area (Å²) in [5.74, 6) is 0.719. The fraction of sp³-hybridized carbons (Fsp3) is 0.115. The molecule has 0 aromatic heterocycles. The Hall–Kier alpha value is -3.64. The van der Waals surface area contributed by atoms with Crippen molar-refractivity contribution in [3.8, 4) is 5.75 Å². The predicted octanol–water partition coefficient (Wildman–Crippen LogP) is 6.16. The highest BCUT2D eigenvalue weighted by Gasteiger charge is 2.37. The van der Waals surface area contributed by atoms with Crippen LogP contribution in [0.15, 0.2) is 93.9 Å². The normalized spacial score (nSPS) is 19.4. The lowest BCUT2D eigenvalue weighted by atomic mass is 9.97. The fourth-order valence-corrected chi connectivity index (χ4v) is 4.71. The van der Waals surface area contributed by atoms with Crippen molar-refractivity contribution in [1.29, 1.82) is 0 Å². The molecule has 0 aliphatic carbocycles. The molecule has 2 heterocycles. The Kier molecular flexibility index (Phi) is 5.37. The smallest absolute Gasteiger partial charge is 0.311 e. The van der Waals surface area contributed by atoms with E-state index in [0.717, 1.165) is 44.6 Å². The number of para-hydroxylation sites is 1. The van der Waals surface area contributed by atoms with Crippen LogP contribution >= 0.6 is 11.8 Å². The van der Waals surface area contributed by atoms with Gasteiger partial charge in [-0.1, -0.05) is 72.8 Å². The topological polar surface area (TPSA) is 65.3 Å². The summed E-state index contributed by atoms with van der Waals surface area (Å²) in [6.45, 7) is 2.04. The van der Waals surface area contributed by atoms with Crippen LogP contribution in [0.25, 0.3) is 6.08 Å². The molecule has 5 rings (SSSR count). The van der Waals surface area contributed by atoms with E-state index < -0.39 is 0 Å². The maximum Gasteiger partial charge on any atom is 0.311 e. The van der Waals surface area contributed by atoms with E-state index in [1.54, 1.807) is 17.1 Å². The molecule has 0 saturated carbocycles. The molecule has 6 heteroatoms. The molecule has 0 bridgehead atoms. The zero-order chi connectivity index (χ0) is 22.1. The number of aryl methyl sites for hydroxylation is 1. The number of carbonyl (C=O) groups excluding carboxylic acids is 1. The van der Waals surface area contributed by atoms with Crippen molar-refractivity contribution < 1.29 is 9.90 Å². The van der Waals surface area contributed by atoms with E-state index in [1.165, 1.54) is 0 Å². The second-order valence-corrected chi connectivity index (χ2v) is 8.70. The Balaban J connectivity index is 1.60. The number of hydrogen-bond acceptors (Lipinski definition) is 5. The monoisotopic (exact) mass is 439 g/mol. The molecule has 0 spiro atoms. The molecular formula is C26H21N3O2S. The first kappa shape index (κ1) is 20.3. The highest BCUT2D eigenvalue weighted by Crippen LogP contribution is 2.41. The third-order valence-electron chi connectivity index (χ3n) is 5.62. The summed E-state index contributed by atoms with van der Waals surface area (Å²) in [7, 11) is 0. The Bertz CT molecular complexity index is 1280. The summed E-state index contributed by atoms with van der Waals surface area (Å²) in [5, 5.41) is 17.0. The van der Waals surface area contributed by atoms with Gasteiger partial charge in [-0.05, 0) is 47.5 Å². The van der Waals surface area contributed by atoms with Crippen molar-refractivity contribution in [3.63, 3.8) is 0 Å². The maximum absolute atomic E-state index is 12.4. The lowest BCUT2D eigenvalue weighted by Crippen LogP contribution is -2.26. The second kappa shape index (κ2) is 8.48. The van der Waals surface area contributed by atoms with Gasteiger partial charge in [-0.25, -0.2) is 5.01 Å². The largest absolute Gasteiger partial charge is 0.508 e. The highest BCUT2D eigenvalue weighted by molar-refractivity contribution is 8.18. The number of amidine groups is 1. The van der Waals surface area contributed by atoms with Gasteiger partial charge in [-0.15, -0.1) is 0 Å². The minimum absolute atomic E-state index is 0.203. The van der Waals surface area contributed by atoms with Crippen LogP contribution in [0.3, 0.4) is 0 Å². The van der Waals surface area contributed by atoms with Crippen LogP contribution in [0.1, 0.15) is 34.7 Å². The van der Waals surface area contributed by atoms with Crippen LogP contribution in [0, 0.1) is 6.92 Å². The molecule has 2 aliphatic heterocycles. The number of rotatable bonds is 3. The van der Waals surface area contributed by atoms with Gasteiger partial charge in [0.15, 0.2) is 5.84 Å².